The Morgan fingerprint density at radius 1 is 1.00 bits per heavy atom. The number of halogens is 2. The molecule has 1 atom stereocenters. The Balaban J connectivity index is 2.41. The van der Waals surface area contributed by atoms with Crippen molar-refractivity contribution in [2.24, 2.45) is 0 Å². The first-order chi connectivity index (χ1) is 14.8. The average molecular weight is 499 g/mol. The predicted octanol–water partition coefficient (Wildman–Crippen LogP) is 2.52. The molecule has 32 heavy (non-hydrogen) atoms. The number of nitrogens with one attached hydrogen (secondary N) is 1. The highest BCUT2D eigenvalue weighted by Crippen LogP contribution is 2.50. The highest BCUT2D eigenvalue weighted by Gasteiger charge is 2.57. The molecule has 0 bridgehead atoms. The third-order valence-electron chi connectivity index (χ3n) is 4.60. The third-order valence-corrected chi connectivity index (χ3v) is 6.60. The normalized spacial score (nSPS) is 17.7. The summed E-state index contributed by atoms with van der Waals surface area (Å²) in [6, 6.07) is 7.44. The van der Waals surface area contributed by atoms with Crippen LogP contribution in [0.3, 0.4) is 0 Å². The lowest BCUT2D eigenvalue weighted by Crippen LogP contribution is -2.46. The minimum absolute atomic E-state index is 0.0244. The number of carbonyl (C=O) groups is 4. The van der Waals surface area contributed by atoms with Gasteiger partial charge in [0, 0.05) is 41.9 Å². The van der Waals surface area contributed by atoms with Crippen molar-refractivity contribution in [3.63, 3.8) is 0 Å². The molecular formula is C20H16Cl2N2O7S. The van der Waals surface area contributed by atoms with E-state index in [-0.39, 0.29) is 26.9 Å². The number of ether oxygens (including phenoxy) is 1. The number of esters is 1. The average Bonchev–Trinajstić information content (AvgIpc) is 2.89. The summed E-state index contributed by atoms with van der Waals surface area (Å²) in [7, 11) is -4.33. The molecule has 2 aromatic rings. The first-order valence-electron chi connectivity index (χ1n) is 8.99. The largest absolute Gasteiger partial charge is 0.439 e. The summed E-state index contributed by atoms with van der Waals surface area (Å²) in [5.41, 5.74) is -2.40. The molecule has 0 saturated heterocycles. The van der Waals surface area contributed by atoms with Crippen LogP contribution in [0.2, 0.25) is 10.0 Å². The topological polar surface area (TPSA) is 127 Å². The van der Waals surface area contributed by atoms with E-state index in [4.69, 9.17) is 27.9 Å². The fourth-order valence-corrected chi connectivity index (χ4v) is 4.94. The molecule has 1 N–H and O–H groups in total. The number of sulfonamides is 1. The molecule has 0 saturated carbocycles. The van der Waals surface area contributed by atoms with Crippen LogP contribution in [-0.2, 0) is 39.5 Å². The van der Waals surface area contributed by atoms with Gasteiger partial charge < -0.3 is 4.74 Å². The second-order valence-corrected chi connectivity index (χ2v) is 9.43. The van der Waals surface area contributed by atoms with E-state index in [1.54, 1.807) is 4.72 Å². The van der Waals surface area contributed by atoms with E-state index in [2.05, 4.69) is 0 Å². The van der Waals surface area contributed by atoms with E-state index in [0.717, 1.165) is 37.8 Å². The van der Waals surface area contributed by atoms with Gasteiger partial charge in [0.2, 0.25) is 17.4 Å². The van der Waals surface area contributed by atoms with Crippen molar-refractivity contribution in [2.45, 2.75) is 31.3 Å². The minimum Gasteiger partial charge on any atom is -0.439 e. The van der Waals surface area contributed by atoms with Crippen LogP contribution >= 0.6 is 23.2 Å². The third kappa shape index (κ3) is 3.85. The summed E-state index contributed by atoms with van der Waals surface area (Å²) in [5, 5.41) is 0.0364. The fourth-order valence-electron chi connectivity index (χ4n) is 3.50. The number of rotatable bonds is 4. The van der Waals surface area contributed by atoms with Crippen molar-refractivity contribution in [3.05, 3.63) is 57.6 Å². The lowest BCUT2D eigenvalue weighted by molar-refractivity contribution is -0.161. The molecule has 3 amide bonds. The molecule has 3 rings (SSSR count). The van der Waals surface area contributed by atoms with Crippen molar-refractivity contribution in [3.8, 4) is 0 Å². The number of amides is 3. The van der Waals surface area contributed by atoms with Crippen molar-refractivity contribution >= 4 is 62.6 Å². The van der Waals surface area contributed by atoms with Gasteiger partial charge in [-0.05, 0) is 36.4 Å². The van der Waals surface area contributed by atoms with Crippen molar-refractivity contribution < 1.29 is 32.3 Å². The van der Waals surface area contributed by atoms with Gasteiger partial charge >= 0.3 is 5.97 Å². The van der Waals surface area contributed by atoms with E-state index in [1.807, 2.05) is 0 Å². The molecule has 1 heterocycles. The first kappa shape index (κ1) is 23.7. The molecule has 0 aromatic heterocycles. The summed E-state index contributed by atoms with van der Waals surface area (Å²) < 4.78 is 32.4. The fraction of sp³-hybridized carbons (Fsp3) is 0.200. The van der Waals surface area contributed by atoms with Gasteiger partial charge in [0.15, 0.2) is 0 Å². The Labute approximate surface area is 193 Å². The summed E-state index contributed by atoms with van der Waals surface area (Å²) in [6.07, 6.45) is 0. The van der Waals surface area contributed by atoms with Crippen LogP contribution in [-0.4, -0.2) is 32.1 Å². The summed E-state index contributed by atoms with van der Waals surface area (Å²) in [5.74, 6) is -3.40. The quantitative estimate of drug-likeness (QED) is 0.641. The monoisotopic (exact) mass is 498 g/mol. The predicted molar refractivity (Wildman–Crippen MR) is 115 cm³/mol. The maximum atomic E-state index is 13.6. The van der Waals surface area contributed by atoms with Gasteiger partial charge in [0.05, 0.1) is 10.6 Å². The number of benzene rings is 2. The highest BCUT2D eigenvalue weighted by atomic mass is 35.5. The SMILES string of the molecule is CC(=O)NS(=O)(=O)c1ccc(Cl)c(C2(OC(C)=O)C(=O)N(C(C)=O)c3ccc(Cl)cc32)c1. The van der Waals surface area contributed by atoms with E-state index >= 15 is 0 Å². The Kier molecular flexibility index (Phi) is 6.07. The number of imide groups is 1. The van der Waals surface area contributed by atoms with E-state index < -0.39 is 44.2 Å². The number of carbonyl (C=O) groups excluding carboxylic acids is 4. The molecule has 0 spiro atoms. The molecule has 0 fully saturated rings. The van der Waals surface area contributed by atoms with Gasteiger partial charge in [-0.15, -0.1) is 0 Å². The van der Waals surface area contributed by atoms with E-state index in [9.17, 15) is 27.6 Å². The molecular weight excluding hydrogens is 483 g/mol. The number of fused-ring (bicyclic) bond motifs is 1. The second-order valence-electron chi connectivity index (χ2n) is 6.90. The summed E-state index contributed by atoms with van der Waals surface area (Å²) in [6.45, 7) is 3.19. The number of nitrogens with zero attached hydrogens (tertiary/aromatic N) is 1. The standard InChI is InChI=1S/C20H16Cl2N2O7S/c1-10(25)23-32(29,30)14-5-6-17(22)15(9-14)20(31-12(3)27)16-8-13(21)4-7-18(16)24(11(2)26)19(20)28/h4-9H,1-3H3,(H,23,25). The zero-order chi connectivity index (χ0) is 24.0. The summed E-state index contributed by atoms with van der Waals surface area (Å²) in [4.78, 5) is 49.7. The Morgan fingerprint density at radius 3 is 2.22 bits per heavy atom. The van der Waals surface area contributed by atoms with Crippen LogP contribution in [0.15, 0.2) is 41.3 Å². The van der Waals surface area contributed by atoms with Crippen molar-refractivity contribution in [1.82, 2.24) is 4.72 Å². The van der Waals surface area contributed by atoms with Gasteiger partial charge in [-0.2, -0.15) is 0 Å². The number of hydrogen-bond acceptors (Lipinski definition) is 7. The van der Waals surface area contributed by atoms with Gasteiger partial charge in [0.1, 0.15) is 0 Å². The van der Waals surface area contributed by atoms with Crippen LogP contribution in [0.4, 0.5) is 5.69 Å². The minimum atomic E-state index is -4.33. The Hall–Kier alpha value is -2.95. The molecule has 12 heteroatoms. The molecule has 1 aliphatic heterocycles. The molecule has 9 nitrogen and oxygen atoms in total. The molecule has 168 valence electrons. The molecule has 0 aliphatic carbocycles. The highest BCUT2D eigenvalue weighted by molar-refractivity contribution is 7.90. The number of anilines is 1. The molecule has 1 aliphatic rings. The Bertz CT molecular complexity index is 1290. The second kappa shape index (κ2) is 8.19. The maximum Gasteiger partial charge on any atom is 0.304 e. The smallest absolute Gasteiger partial charge is 0.304 e. The van der Waals surface area contributed by atoms with E-state index in [0.29, 0.717) is 0 Å². The van der Waals surface area contributed by atoms with Crippen LogP contribution in [0.5, 0.6) is 0 Å². The van der Waals surface area contributed by atoms with Crippen LogP contribution in [0.25, 0.3) is 0 Å². The maximum absolute atomic E-state index is 13.6. The molecule has 2 aromatic carbocycles. The summed E-state index contributed by atoms with van der Waals surface area (Å²) >= 11 is 12.5. The molecule has 0 radical (unpaired) electrons. The van der Waals surface area contributed by atoms with Crippen LogP contribution in [0, 0.1) is 0 Å². The molecule has 1 unspecified atom stereocenters. The van der Waals surface area contributed by atoms with Gasteiger partial charge in [-0.3, -0.25) is 19.2 Å². The van der Waals surface area contributed by atoms with Crippen LogP contribution in [0.1, 0.15) is 31.9 Å². The van der Waals surface area contributed by atoms with Crippen molar-refractivity contribution in [2.75, 3.05) is 4.90 Å². The van der Waals surface area contributed by atoms with Crippen molar-refractivity contribution in [1.29, 1.82) is 0 Å². The van der Waals surface area contributed by atoms with E-state index in [1.165, 1.54) is 24.3 Å². The van der Waals surface area contributed by atoms with Crippen LogP contribution < -0.4 is 9.62 Å². The van der Waals surface area contributed by atoms with Gasteiger partial charge in [-0.25, -0.2) is 18.0 Å². The van der Waals surface area contributed by atoms with Gasteiger partial charge in [-0.1, -0.05) is 23.2 Å². The lowest BCUT2D eigenvalue weighted by Gasteiger charge is -2.29. The zero-order valence-corrected chi connectivity index (χ0v) is 19.3. The lowest BCUT2D eigenvalue weighted by atomic mass is 9.87. The first-order valence-corrected chi connectivity index (χ1v) is 11.2. The Morgan fingerprint density at radius 2 is 1.66 bits per heavy atom. The zero-order valence-electron chi connectivity index (χ0n) is 16.9. The van der Waals surface area contributed by atoms with Gasteiger partial charge in [0.25, 0.3) is 15.9 Å². The number of hydrogen-bond donors (Lipinski definition) is 1.